The number of pyridine rings is 1. The first-order valence-corrected chi connectivity index (χ1v) is 7.96. The van der Waals surface area contributed by atoms with E-state index in [-0.39, 0.29) is 5.82 Å². The quantitative estimate of drug-likeness (QED) is 0.833. The lowest BCUT2D eigenvalue weighted by molar-refractivity contribution is -0.141. The highest BCUT2D eigenvalue weighted by atomic mass is 19.4. The standard InChI is InChI=1S/C16H25F3N4/c1-12(2)9-22(3)13-10-23(11-13)8-7-20-15-6-4-5-14(21-15)16(17,18)19/h4-6,12-13H,7-11H2,1-3H3,(H,20,21). The maximum absolute atomic E-state index is 12.6. The zero-order chi connectivity index (χ0) is 17.0. The number of anilines is 1. The Balaban J connectivity index is 1.69. The average Bonchev–Trinajstić information content (AvgIpc) is 2.39. The molecule has 0 radical (unpaired) electrons. The summed E-state index contributed by atoms with van der Waals surface area (Å²) >= 11 is 0. The second kappa shape index (κ2) is 7.49. The van der Waals surface area contributed by atoms with Gasteiger partial charge in [0, 0.05) is 38.8 Å². The highest BCUT2D eigenvalue weighted by Crippen LogP contribution is 2.28. The summed E-state index contributed by atoms with van der Waals surface area (Å²) < 4.78 is 37.8. The predicted molar refractivity (Wildman–Crippen MR) is 85.4 cm³/mol. The van der Waals surface area contributed by atoms with Gasteiger partial charge in [0.05, 0.1) is 0 Å². The van der Waals surface area contributed by atoms with Gasteiger partial charge in [0.15, 0.2) is 0 Å². The molecule has 0 saturated carbocycles. The monoisotopic (exact) mass is 330 g/mol. The van der Waals surface area contributed by atoms with Crippen molar-refractivity contribution < 1.29 is 13.2 Å². The Bertz CT molecular complexity index is 498. The van der Waals surface area contributed by atoms with Crippen LogP contribution in [0.3, 0.4) is 0 Å². The van der Waals surface area contributed by atoms with Crippen LogP contribution in [0, 0.1) is 5.92 Å². The molecule has 2 heterocycles. The van der Waals surface area contributed by atoms with Crippen molar-refractivity contribution in [1.29, 1.82) is 0 Å². The van der Waals surface area contributed by atoms with Crippen LogP contribution in [0.15, 0.2) is 18.2 Å². The summed E-state index contributed by atoms with van der Waals surface area (Å²) in [6, 6.07) is 4.50. The second-order valence-corrected chi connectivity index (χ2v) is 6.58. The molecule has 0 atom stereocenters. The summed E-state index contributed by atoms with van der Waals surface area (Å²) in [4.78, 5) is 8.27. The molecular weight excluding hydrogens is 305 g/mol. The number of halogens is 3. The summed E-state index contributed by atoms with van der Waals surface area (Å²) in [7, 11) is 2.15. The number of hydrogen-bond donors (Lipinski definition) is 1. The first-order chi connectivity index (χ1) is 10.8. The summed E-state index contributed by atoms with van der Waals surface area (Å²) in [6.07, 6.45) is -4.40. The number of likely N-dealkylation sites (N-methyl/N-ethyl adjacent to an activating group) is 1. The molecule has 1 aliphatic heterocycles. The number of nitrogens with zero attached hydrogens (tertiary/aromatic N) is 3. The fourth-order valence-electron chi connectivity index (χ4n) is 2.76. The van der Waals surface area contributed by atoms with Crippen molar-refractivity contribution in [3.05, 3.63) is 23.9 Å². The van der Waals surface area contributed by atoms with Gasteiger partial charge in [-0.3, -0.25) is 4.90 Å². The second-order valence-electron chi connectivity index (χ2n) is 6.58. The molecule has 0 aromatic carbocycles. The van der Waals surface area contributed by atoms with E-state index in [4.69, 9.17) is 0 Å². The minimum atomic E-state index is -4.40. The van der Waals surface area contributed by atoms with Crippen LogP contribution in [0.5, 0.6) is 0 Å². The molecule has 0 spiro atoms. The molecule has 1 aliphatic rings. The molecule has 1 aromatic rings. The Kier molecular flexibility index (Phi) is 5.86. The summed E-state index contributed by atoms with van der Waals surface area (Å²) in [5, 5.41) is 2.97. The molecule has 4 nitrogen and oxygen atoms in total. The molecule has 0 amide bonds. The van der Waals surface area contributed by atoms with Gasteiger partial charge in [-0.05, 0) is 25.1 Å². The van der Waals surface area contributed by atoms with Gasteiger partial charge in [-0.2, -0.15) is 13.2 Å². The molecule has 1 N–H and O–H groups in total. The van der Waals surface area contributed by atoms with Crippen LogP contribution in [0.25, 0.3) is 0 Å². The summed E-state index contributed by atoms with van der Waals surface area (Å²) in [6.45, 7) is 8.93. The Labute approximate surface area is 135 Å². The van der Waals surface area contributed by atoms with Gasteiger partial charge in [-0.15, -0.1) is 0 Å². The van der Waals surface area contributed by atoms with Gasteiger partial charge < -0.3 is 10.2 Å². The van der Waals surface area contributed by atoms with E-state index in [2.05, 4.69) is 41.0 Å². The largest absolute Gasteiger partial charge is 0.433 e. The molecule has 130 valence electrons. The fourth-order valence-corrected chi connectivity index (χ4v) is 2.76. The Morgan fingerprint density at radius 3 is 2.65 bits per heavy atom. The highest BCUT2D eigenvalue weighted by Gasteiger charge is 2.32. The van der Waals surface area contributed by atoms with E-state index in [0.29, 0.717) is 18.5 Å². The molecule has 1 saturated heterocycles. The van der Waals surface area contributed by atoms with Gasteiger partial charge in [0.1, 0.15) is 11.5 Å². The van der Waals surface area contributed by atoms with E-state index >= 15 is 0 Å². The lowest BCUT2D eigenvalue weighted by Crippen LogP contribution is -2.59. The first-order valence-electron chi connectivity index (χ1n) is 7.96. The highest BCUT2D eigenvalue weighted by molar-refractivity contribution is 5.35. The van der Waals surface area contributed by atoms with Crippen molar-refractivity contribution in [3.8, 4) is 0 Å². The zero-order valence-corrected chi connectivity index (χ0v) is 13.9. The van der Waals surface area contributed by atoms with Crippen LogP contribution in [0.1, 0.15) is 19.5 Å². The number of likely N-dealkylation sites (tertiary alicyclic amines) is 1. The molecule has 1 fully saturated rings. The Morgan fingerprint density at radius 2 is 2.04 bits per heavy atom. The van der Waals surface area contributed by atoms with E-state index in [1.807, 2.05) is 0 Å². The van der Waals surface area contributed by atoms with Crippen molar-refractivity contribution in [1.82, 2.24) is 14.8 Å². The van der Waals surface area contributed by atoms with Gasteiger partial charge >= 0.3 is 6.18 Å². The van der Waals surface area contributed by atoms with Crippen molar-refractivity contribution in [2.75, 3.05) is 45.1 Å². The van der Waals surface area contributed by atoms with Crippen molar-refractivity contribution >= 4 is 5.82 Å². The van der Waals surface area contributed by atoms with E-state index in [0.717, 1.165) is 32.2 Å². The number of nitrogens with one attached hydrogen (secondary N) is 1. The van der Waals surface area contributed by atoms with E-state index in [1.165, 1.54) is 6.07 Å². The van der Waals surface area contributed by atoms with Gasteiger partial charge in [-0.1, -0.05) is 19.9 Å². The van der Waals surface area contributed by atoms with Crippen LogP contribution >= 0.6 is 0 Å². The maximum atomic E-state index is 12.6. The van der Waals surface area contributed by atoms with E-state index < -0.39 is 11.9 Å². The molecule has 1 aromatic heterocycles. The minimum absolute atomic E-state index is 0.272. The van der Waals surface area contributed by atoms with Crippen LogP contribution in [-0.2, 0) is 6.18 Å². The van der Waals surface area contributed by atoms with Crippen molar-refractivity contribution in [2.24, 2.45) is 5.92 Å². The molecule has 2 rings (SSSR count). The fraction of sp³-hybridized carbons (Fsp3) is 0.688. The number of hydrogen-bond acceptors (Lipinski definition) is 4. The predicted octanol–water partition coefficient (Wildman–Crippen LogP) is 2.78. The smallest absolute Gasteiger partial charge is 0.369 e. The lowest BCUT2D eigenvalue weighted by atomic mass is 10.1. The molecular formula is C16H25F3N4. The topological polar surface area (TPSA) is 31.4 Å². The third-order valence-electron chi connectivity index (χ3n) is 3.99. The molecule has 0 bridgehead atoms. The van der Waals surface area contributed by atoms with Gasteiger partial charge in [-0.25, -0.2) is 4.98 Å². The van der Waals surface area contributed by atoms with Crippen LogP contribution in [-0.4, -0.2) is 60.6 Å². The number of rotatable bonds is 7. The first kappa shape index (κ1) is 18.0. The zero-order valence-electron chi connectivity index (χ0n) is 13.9. The lowest BCUT2D eigenvalue weighted by Gasteiger charge is -2.44. The minimum Gasteiger partial charge on any atom is -0.369 e. The normalized spacial score (nSPS) is 16.9. The molecule has 0 unspecified atom stereocenters. The average molecular weight is 330 g/mol. The SMILES string of the molecule is CC(C)CN(C)C1CN(CCNc2cccc(C(F)(F)F)n2)C1. The number of alkyl halides is 3. The van der Waals surface area contributed by atoms with Crippen LogP contribution < -0.4 is 5.32 Å². The maximum Gasteiger partial charge on any atom is 0.433 e. The summed E-state index contributed by atoms with van der Waals surface area (Å²) in [5.74, 6) is 0.927. The Morgan fingerprint density at radius 1 is 1.35 bits per heavy atom. The van der Waals surface area contributed by atoms with Gasteiger partial charge in [0.25, 0.3) is 0 Å². The molecule has 7 heteroatoms. The van der Waals surface area contributed by atoms with E-state index in [9.17, 15) is 13.2 Å². The molecule has 23 heavy (non-hydrogen) atoms. The van der Waals surface area contributed by atoms with Crippen molar-refractivity contribution in [2.45, 2.75) is 26.1 Å². The van der Waals surface area contributed by atoms with Crippen molar-refractivity contribution in [3.63, 3.8) is 0 Å². The third-order valence-corrected chi connectivity index (χ3v) is 3.99. The van der Waals surface area contributed by atoms with Crippen LogP contribution in [0.4, 0.5) is 19.0 Å². The molecule has 0 aliphatic carbocycles. The third kappa shape index (κ3) is 5.35. The Hall–Kier alpha value is -1.34. The van der Waals surface area contributed by atoms with Gasteiger partial charge in [0.2, 0.25) is 0 Å². The number of aromatic nitrogens is 1. The van der Waals surface area contributed by atoms with E-state index in [1.54, 1.807) is 6.07 Å². The van der Waals surface area contributed by atoms with Crippen LogP contribution in [0.2, 0.25) is 0 Å². The summed E-state index contributed by atoms with van der Waals surface area (Å²) in [5.41, 5.74) is -0.859.